The first kappa shape index (κ1) is 12.9. The van der Waals surface area contributed by atoms with Gasteiger partial charge in [-0.25, -0.2) is 0 Å². The van der Waals surface area contributed by atoms with Crippen molar-refractivity contribution in [2.45, 2.75) is 6.42 Å². The number of anilines is 1. The highest BCUT2D eigenvalue weighted by atomic mass is 32.1. The number of hydrogen-bond acceptors (Lipinski definition) is 4. The monoisotopic (exact) mass is 264 g/mol. The average Bonchev–Trinajstić information content (AvgIpc) is 2.77. The minimum absolute atomic E-state index is 0.0362. The SMILES string of the molecule is COCCCNC(=O)c1cc2cc(N)ccc2s1. The molecular formula is C13H16N2O2S. The van der Waals surface area contributed by atoms with Gasteiger partial charge in [-0.15, -0.1) is 11.3 Å². The molecule has 96 valence electrons. The summed E-state index contributed by atoms with van der Waals surface area (Å²) in [4.78, 5) is 12.6. The smallest absolute Gasteiger partial charge is 0.261 e. The second-order valence-corrected chi connectivity index (χ2v) is 5.09. The third-order valence-electron chi connectivity index (χ3n) is 2.57. The first-order valence-corrected chi connectivity index (χ1v) is 6.58. The molecule has 1 aromatic carbocycles. The van der Waals surface area contributed by atoms with E-state index in [0.29, 0.717) is 23.7 Å². The maximum absolute atomic E-state index is 11.9. The molecule has 0 fully saturated rings. The predicted octanol–water partition coefficient (Wildman–Crippen LogP) is 2.25. The Morgan fingerprint density at radius 3 is 3.06 bits per heavy atom. The van der Waals surface area contributed by atoms with Crippen LogP contribution in [-0.2, 0) is 4.74 Å². The lowest BCUT2D eigenvalue weighted by Crippen LogP contribution is -2.24. The molecule has 2 rings (SSSR count). The molecule has 0 aliphatic heterocycles. The molecule has 0 spiro atoms. The van der Waals surface area contributed by atoms with Crippen molar-refractivity contribution in [3.05, 3.63) is 29.1 Å². The number of nitrogens with two attached hydrogens (primary N) is 1. The molecule has 0 atom stereocenters. The molecule has 0 saturated heterocycles. The molecule has 2 aromatic rings. The van der Waals surface area contributed by atoms with Crippen LogP contribution in [0.4, 0.5) is 5.69 Å². The zero-order valence-corrected chi connectivity index (χ0v) is 11.0. The van der Waals surface area contributed by atoms with Crippen LogP contribution in [0.1, 0.15) is 16.1 Å². The summed E-state index contributed by atoms with van der Waals surface area (Å²) in [7, 11) is 1.65. The fourth-order valence-electron chi connectivity index (χ4n) is 1.68. The number of rotatable bonds is 5. The Bertz CT molecular complexity index is 551. The molecule has 0 aliphatic carbocycles. The van der Waals surface area contributed by atoms with Gasteiger partial charge >= 0.3 is 0 Å². The molecule has 1 amide bonds. The van der Waals surface area contributed by atoms with Crippen LogP contribution in [0.3, 0.4) is 0 Å². The Morgan fingerprint density at radius 2 is 2.28 bits per heavy atom. The van der Waals surface area contributed by atoms with Crippen molar-refractivity contribution in [2.24, 2.45) is 0 Å². The molecule has 3 N–H and O–H groups in total. The van der Waals surface area contributed by atoms with Crippen LogP contribution in [0.2, 0.25) is 0 Å². The molecule has 0 bridgehead atoms. The van der Waals surface area contributed by atoms with E-state index in [4.69, 9.17) is 10.5 Å². The first-order valence-electron chi connectivity index (χ1n) is 5.77. The summed E-state index contributed by atoms with van der Waals surface area (Å²) >= 11 is 1.48. The number of ether oxygens (including phenoxy) is 1. The number of carbonyl (C=O) groups is 1. The van der Waals surface area contributed by atoms with Crippen LogP contribution in [0.5, 0.6) is 0 Å². The van der Waals surface area contributed by atoms with E-state index in [9.17, 15) is 4.79 Å². The zero-order chi connectivity index (χ0) is 13.0. The second kappa shape index (κ2) is 5.84. The highest BCUT2D eigenvalue weighted by molar-refractivity contribution is 7.20. The summed E-state index contributed by atoms with van der Waals surface area (Å²) in [6.07, 6.45) is 0.820. The largest absolute Gasteiger partial charge is 0.399 e. The van der Waals surface area contributed by atoms with Crippen molar-refractivity contribution in [2.75, 3.05) is 26.0 Å². The minimum atomic E-state index is -0.0362. The molecule has 1 aromatic heterocycles. The van der Waals surface area contributed by atoms with Gasteiger partial charge < -0.3 is 15.8 Å². The summed E-state index contributed by atoms with van der Waals surface area (Å²) in [6, 6.07) is 7.55. The van der Waals surface area contributed by atoms with Gasteiger partial charge in [0, 0.05) is 30.6 Å². The summed E-state index contributed by atoms with van der Waals surface area (Å²) in [6.45, 7) is 1.28. The average molecular weight is 264 g/mol. The topological polar surface area (TPSA) is 64.3 Å². The highest BCUT2D eigenvalue weighted by Crippen LogP contribution is 2.27. The Balaban J connectivity index is 2.04. The number of amides is 1. The lowest BCUT2D eigenvalue weighted by Gasteiger charge is -2.02. The molecule has 0 unspecified atom stereocenters. The number of benzene rings is 1. The van der Waals surface area contributed by atoms with Crippen molar-refractivity contribution in [1.29, 1.82) is 0 Å². The van der Waals surface area contributed by atoms with E-state index in [2.05, 4.69) is 5.32 Å². The first-order chi connectivity index (χ1) is 8.70. The molecule has 5 heteroatoms. The molecule has 4 nitrogen and oxygen atoms in total. The van der Waals surface area contributed by atoms with Crippen LogP contribution in [0.25, 0.3) is 10.1 Å². The number of fused-ring (bicyclic) bond motifs is 1. The van der Waals surface area contributed by atoms with Gasteiger partial charge in [0.05, 0.1) is 4.88 Å². The fourth-order valence-corrected chi connectivity index (χ4v) is 2.64. The van der Waals surface area contributed by atoms with Gasteiger partial charge in [-0.3, -0.25) is 4.79 Å². The third kappa shape index (κ3) is 3.00. The third-order valence-corrected chi connectivity index (χ3v) is 3.69. The van der Waals surface area contributed by atoms with E-state index >= 15 is 0 Å². The molecule has 0 saturated carbocycles. The van der Waals surface area contributed by atoms with Crippen LogP contribution in [-0.4, -0.2) is 26.2 Å². The van der Waals surface area contributed by atoms with Gasteiger partial charge in [0.15, 0.2) is 0 Å². The van der Waals surface area contributed by atoms with Gasteiger partial charge in [0.1, 0.15) is 0 Å². The van der Waals surface area contributed by atoms with Gasteiger partial charge in [0.2, 0.25) is 0 Å². The van der Waals surface area contributed by atoms with Crippen molar-refractivity contribution in [3.8, 4) is 0 Å². The van der Waals surface area contributed by atoms with Gasteiger partial charge in [0.25, 0.3) is 5.91 Å². The number of carbonyl (C=O) groups excluding carboxylic acids is 1. The van der Waals surface area contributed by atoms with E-state index < -0.39 is 0 Å². The number of nitrogen functional groups attached to an aromatic ring is 1. The van der Waals surface area contributed by atoms with E-state index in [1.165, 1.54) is 11.3 Å². The van der Waals surface area contributed by atoms with Crippen LogP contribution >= 0.6 is 11.3 Å². The summed E-state index contributed by atoms with van der Waals surface area (Å²) < 4.78 is 6.00. The van der Waals surface area contributed by atoms with E-state index in [1.54, 1.807) is 7.11 Å². The number of hydrogen-bond donors (Lipinski definition) is 2. The maximum Gasteiger partial charge on any atom is 0.261 e. The molecule has 0 radical (unpaired) electrons. The fraction of sp³-hybridized carbons (Fsp3) is 0.308. The molecular weight excluding hydrogens is 248 g/mol. The highest BCUT2D eigenvalue weighted by Gasteiger charge is 2.09. The Labute approximate surface area is 110 Å². The second-order valence-electron chi connectivity index (χ2n) is 4.01. The van der Waals surface area contributed by atoms with Crippen LogP contribution in [0.15, 0.2) is 24.3 Å². The number of methoxy groups -OCH3 is 1. The maximum atomic E-state index is 11.9. The van der Waals surface area contributed by atoms with Crippen molar-refractivity contribution < 1.29 is 9.53 Å². The van der Waals surface area contributed by atoms with Gasteiger partial charge in [-0.2, -0.15) is 0 Å². The Morgan fingerprint density at radius 1 is 1.44 bits per heavy atom. The Hall–Kier alpha value is -1.59. The molecule has 0 aliphatic rings. The summed E-state index contributed by atoms with van der Waals surface area (Å²) in [5.41, 5.74) is 6.43. The molecule has 1 heterocycles. The standard InChI is InChI=1S/C13H16N2O2S/c1-17-6-2-5-15-13(16)12-8-9-7-10(14)3-4-11(9)18-12/h3-4,7-8H,2,5-6,14H2,1H3,(H,15,16). The van der Waals surface area contributed by atoms with E-state index in [0.717, 1.165) is 16.5 Å². The Kier molecular flexibility index (Phi) is 4.17. The van der Waals surface area contributed by atoms with Crippen LogP contribution < -0.4 is 11.1 Å². The number of thiophene rings is 1. The van der Waals surface area contributed by atoms with E-state index in [1.807, 2.05) is 24.3 Å². The zero-order valence-electron chi connectivity index (χ0n) is 10.2. The van der Waals surface area contributed by atoms with Gasteiger partial charge in [-0.05, 0) is 36.1 Å². The van der Waals surface area contributed by atoms with Gasteiger partial charge in [-0.1, -0.05) is 0 Å². The lowest BCUT2D eigenvalue weighted by atomic mass is 10.2. The predicted molar refractivity (Wildman–Crippen MR) is 75.1 cm³/mol. The van der Waals surface area contributed by atoms with Crippen molar-refractivity contribution in [1.82, 2.24) is 5.32 Å². The lowest BCUT2D eigenvalue weighted by molar-refractivity contribution is 0.0952. The number of nitrogens with one attached hydrogen (secondary N) is 1. The molecule has 18 heavy (non-hydrogen) atoms. The minimum Gasteiger partial charge on any atom is -0.399 e. The van der Waals surface area contributed by atoms with Crippen LogP contribution in [0, 0.1) is 0 Å². The summed E-state index contributed by atoms with van der Waals surface area (Å²) in [5.74, 6) is -0.0362. The van der Waals surface area contributed by atoms with Crippen molar-refractivity contribution >= 4 is 33.0 Å². The van der Waals surface area contributed by atoms with Crippen molar-refractivity contribution in [3.63, 3.8) is 0 Å². The summed E-state index contributed by atoms with van der Waals surface area (Å²) in [5, 5.41) is 3.89. The normalized spacial score (nSPS) is 10.7. The van der Waals surface area contributed by atoms with E-state index in [-0.39, 0.29) is 5.91 Å². The quantitative estimate of drug-likeness (QED) is 0.643.